The number of nitrogens with zero attached hydrogens (tertiary/aromatic N) is 1. The largest absolute Gasteiger partial charge is 0.356 e. The zero-order valence-electron chi connectivity index (χ0n) is 16.4. The average Bonchev–Trinajstić information content (AvgIpc) is 3.04. The summed E-state index contributed by atoms with van der Waals surface area (Å²) >= 11 is 5.52. The van der Waals surface area contributed by atoms with Gasteiger partial charge in [0.1, 0.15) is 0 Å². The van der Waals surface area contributed by atoms with Gasteiger partial charge < -0.3 is 15.5 Å². The Morgan fingerprint density at radius 3 is 2.56 bits per heavy atom. The Bertz CT molecular complexity index is 878. The van der Waals surface area contributed by atoms with E-state index in [1.165, 1.54) is 16.7 Å². The van der Waals surface area contributed by atoms with Crippen LogP contribution in [0.4, 0.5) is 11.4 Å². The third-order valence-corrected chi connectivity index (χ3v) is 5.30. The second-order valence-electron chi connectivity index (χ2n) is 7.33. The third kappa shape index (κ3) is 4.48. The van der Waals surface area contributed by atoms with Gasteiger partial charge in [-0.2, -0.15) is 0 Å². The number of rotatable bonds is 4. The zero-order chi connectivity index (χ0) is 19.6. The summed E-state index contributed by atoms with van der Waals surface area (Å²) in [7, 11) is 0. The van der Waals surface area contributed by atoms with Gasteiger partial charge in [-0.25, -0.2) is 0 Å². The topological polar surface area (TPSA) is 44.4 Å². The number of thiocarbonyl (C=S) groups is 1. The molecular formula is C22H27N3OS. The maximum Gasteiger partial charge on any atom is 0.227 e. The minimum Gasteiger partial charge on any atom is -0.356 e. The van der Waals surface area contributed by atoms with Crippen LogP contribution in [0.3, 0.4) is 0 Å². The Balaban J connectivity index is 1.70. The number of carbonyl (C=O) groups excluding carboxylic acids is 1. The molecule has 1 heterocycles. The second kappa shape index (κ2) is 8.09. The number of anilines is 2. The van der Waals surface area contributed by atoms with Crippen LogP contribution in [0.2, 0.25) is 0 Å². The van der Waals surface area contributed by atoms with Crippen molar-refractivity contribution in [2.45, 2.75) is 46.6 Å². The molecule has 1 atom stereocenters. The highest BCUT2D eigenvalue weighted by atomic mass is 32.1. The first-order chi connectivity index (χ1) is 12.8. The van der Waals surface area contributed by atoms with E-state index >= 15 is 0 Å². The van der Waals surface area contributed by atoms with E-state index in [4.69, 9.17) is 12.2 Å². The fourth-order valence-electron chi connectivity index (χ4n) is 3.55. The quantitative estimate of drug-likeness (QED) is 0.748. The fourth-order valence-corrected chi connectivity index (χ4v) is 3.84. The lowest BCUT2D eigenvalue weighted by Crippen LogP contribution is -2.31. The van der Waals surface area contributed by atoms with E-state index in [9.17, 15) is 4.79 Å². The highest BCUT2D eigenvalue weighted by Gasteiger charge is 2.23. The van der Waals surface area contributed by atoms with E-state index < -0.39 is 0 Å². The summed E-state index contributed by atoms with van der Waals surface area (Å²) in [6.45, 7) is 9.14. The molecular weight excluding hydrogens is 354 g/mol. The molecule has 4 nitrogen and oxygen atoms in total. The van der Waals surface area contributed by atoms with Crippen LogP contribution in [0.25, 0.3) is 0 Å². The first-order valence-corrected chi connectivity index (χ1v) is 9.81. The first-order valence-electron chi connectivity index (χ1n) is 9.41. The number of benzene rings is 2. The van der Waals surface area contributed by atoms with Gasteiger partial charge in [-0.1, -0.05) is 29.8 Å². The van der Waals surface area contributed by atoms with E-state index in [1.54, 1.807) is 0 Å². The molecule has 0 saturated carbocycles. The van der Waals surface area contributed by atoms with Gasteiger partial charge in [0.15, 0.2) is 5.11 Å². The molecule has 2 aromatic carbocycles. The lowest BCUT2D eigenvalue weighted by Gasteiger charge is -2.22. The van der Waals surface area contributed by atoms with Gasteiger partial charge in [0, 0.05) is 24.3 Å². The van der Waals surface area contributed by atoms with Crippen molar-refractivity contribution in [2.75, 3.05) is 16.8 Å². The van der Waals surface area contributed by atoms with Crippen molar-refractivity contribution >= 4 is 34.6 Å². The lowest BCUT2D eigenvalue weighted by molar-refractivity contribution is -0.117. The van der Waals surface area contributed by atoms with Crippen molar-refractivity contribution in [3.63, 3.8) is 0 Å². The molecule has 1 fully saturated rings. The van der Waals surface area contributed by atoms with E-state index in [1.807, 2.05) is 30.0 Å². The molecule has 0 aromatic heterocycles. The van der Waals surface area contributed by atoms with Crippen LogP contribution in [0, 0.1) is 20.8 Å². The fraction of sp³-hybridized carbons (Fsp3) is 0.364. The number of hydrogen-bond acceptors (Lipinski definition) is 2. The van der Waals surface area contributed by atoms with Gasteiger partial charge in [-0.15, -0.1) is 0 Å². The van der Waals surface area contributed by atoms with Crippen LogP contribution in [0.5, 0.6) is 0 Å². The highest BCUT2D eigenvalue weighted by Crippen LogP contribution is 2.28. The van der Waals surface area contributed by atoms with E-state index in [0.717, 1.165) is 29.9 Å². The normalized spacial score (nSPS) is 15.0. The molecule has 1 amide bonds. The summed E-state index contributed by atoms with van der Waals surface area (Å²) in [6.07, 6.45) is 1.55. The molecule has 0 unspecified atom stereocenters. The van der Waals surface area contributed by atoms with Crippen molar-refractivity contribution < 1.29 is 4.79 Å². The number of carbonyl (C=O) groups is 1. The smallest absolute Gasteiger partial charge is 0.227 e. The van der Waals surface area contributed by atoms with Gasteiger partial charge >= 0.3 is 0 Å². The van der Waals surface area contributed by atoms with Crippen molar-refractivity contribution in [1.29, 1.82) is 0 Å². The molecule has 27 heavy (non-hydrogen) atoms. The van der Waals surface area contributed by atoms with E-state index in [-0.39, 0.29) is 11.9 Å². The van der Waals surface area contributed by atoms with Crippen LogP contribution in [0.15, 0.2) is 36.4 Å². The monoisotopic (exact) mass is 381 g/mol. The molecule has 1 aliphatic rings. The highest BCUT2D eigenvalue weighted by molar-refractivity contribution is 7.80. The van der Waals surface area contributed by atoms with Crippen molar-refractivity contribution in [2.24, 2.45) is 0 Å². The molecule has 2 N–H and O–H groups in total. The lowest BCUT2D eigenvalue weighted by atomic mass is 10.0. The van der Waals surface area contributed by atoms with E-state index in [0.29, 0.717) is 11.5 Å². The number of amides is 1. The Morgan fingerprint density at radius 2 is 1.85 bits per heavy atom. The Morgan fingerprint density at radius 1 is 1.11 bits per heavy atom. The third-order valence-electron chi connectivity index (χ3n) is 5.08. The van der Waals surface area contributed by atoms with Gasteiger partial charge in [-0.3, -0.25) is 4.79 Å². The van der Waals surface area contributed by atoms with Crippen molar-refractivity contribution in [3.8, 4) is 0 Å². The van der Waals surface area contributed by atoms with Crippen LogP contribution in [-0.2, 0) is 4.79 Å². The minimum absolute atomic E-state index is 0.106. The molecule has 0 bridgehead atoms. The number of aryl methyl sites for hydroxylation is 3. The standard InChI is InChI=1S/C22H27N3OS/c1-14-7-8-15(2)19(12-14)17(4)23-22(27)24-18-10-9-16(3)20(13-18)25-11-5-6-21(25)26/h7-10,12-13,17H,5-6,11H2,1-4H3,(H2,23,24,27)/t17-/m0/s1. The van der Waals surface area contributed by atoms with Crippen LogP contribution in [-0.4, -0.2) is 17.6 Å². The molecule has 0 radical (unpaired) electrons. The summed E-state index contributed by atoms with van der Waals surface area (Å²) in [5, 5.41) is 7.20. The number of hydrogen-bond donors (Lipinski definition) is 2. The maximum absolute atomic E-state index is 12.1. The minimum atomic E-state index is 0.106. The molecule has 1 aliphatic heterocycles. The summed E-state index contributed by atoms with van der Waals surface area (Å²) in [5.41, 5.74) is 6.67. The van der Waals surface area contributed by atoms with Crippen LogP contribution >= 0.6 is 12.2 Å². The second-order valence-corrected chi connectivity index (χ2v) is 7.74. The maximum atomic E-state index is 12.1. The summed E-state index contributed by atoms with van der Waals surface area (Å²) in [4.78, 5) is 14.0. The van der Waals surface area contributed by atoms with Crippen LogP contribution in [0.1, 0.15) is 48.1 Å². The molecule has 1 saturated heterocycles. The van der Waals surface area contributed by atoms with Gasteiger partial charge in [0.25, 0.3) is 0 Å². The zero-order valence-corrected chi connectivity index (χ0v) is 17.2. The van der Waals surface area contributed by atoms with Gasteiger partial charge in [-0.05, 0) is 75.2 Å². The van der Waals surface area contributed by atoms with Gasteiger partial charge in [0.2, 0.25) is 5.91 Å². The Kier molecular flexibility index (Phi) is 5.80. The van der Waals surface area contributed by atoms with E-state index in [2.05, 4.69) is 49.6 Å². The predicted molar refractivity (Wildman–Crippen MR) is 116 cm³/mol. The summed E-state index contributed by atoms with van der Waals surface area (Å²) in [6, 6.07) is 12.6. The van der Waals surface area contributed by atoms with Gasteiger partial charge in [0.05, 0.1) is 6.04 Å². The SMILES string of the molecule is Cc1ccc(C)c([C@H](C)NC(=S)Nc2ccc(C)c(N3CCCC3=O)c2)c1. The summed E-state index contributed by atoms with van der Waals surface area (Å²) < 4.78 is 0. The average molecular weight is 382 g/mol. The molecule has 0 spiro atoms. The van der Waals surface area contributed by atoms with Crippen LogP contribution < -0.4 is 15.5 Å². The summed E-state index contributed by atoms with van der Waals surface area (Å²) in [5.74, 6) is 0.194. The van der Waals surface area contributed by atoms with Crippen molar-refractivity contribution in [3.05, 3.63) is 58.7 Å². The molecule has 5 heteroatoms. The predicted octanol–water partition coefficient (Wildman–Crippen LogP) is 4.79. The molecule has 2 aromatic rings. The molecule has 3 rings (SSSR count). The number of nitrogens with one attached hydrogen (secondary N) is 2. The van der Waals surface area contributed by atoms with Crippen molar-refractivity contribution in [1.82, 2.24) is 5.32 Å². The Labute approximate surface area is 167 Å². The Hall–Kier alpha value is -2.40. The first kappa shape index (κ1) is 19.4. The molecule has 0 aliphatic carbocycles. The molecule has 142 valence electrons.